The van der Waals surface area contributed by atoms with Crippen LogP contribution in [0.4, 0.5) is 5.69 Å². The molecule has 0 bridgehead atoms. The third-order valence-corrected chi connectivity index (χ3v) is 4.39. The lowest BCUT2D eigenvalue weighted by molar-refractivity contribution is 0.601. The van der Waals surface area contributed by atoms with Crippen molar-refractivity contribution in [2.24, 2.45) is 0 Å². The minimum Gasteiger partial charge on any atom is -0.280 e. The van der Waals surface area contributed by atoms with Gasteiger partial charge < -0.3 is 0 Å². The second kappa shape index (κ2) is 5.61. The van der Waals surface area contributed by atoms with Crippen LogP contribution in [0.5, 0.6) is 0 Å². The molecule has 2 aromatic heterocycles. The van der Waals surface area contributed by atoms with Crippen molar-refractivity contribution in [2.45, 2.75) is 11.8 Å². The minimum absolute atomic E-state index is 0.0822. The third-order valence-electron chi connectivity index (χ3n) is 3.06. The third kappa shape index (κ3) is 2.99. The van der Waals surface area contributed by atoms with Crippen molar-refractivity contribution in [2.75, 3.05) is 4.72 Å². The largest absolute Gasteiger partial charge is 0.280 e. The van der Waals surface area contributed by atoms with Crippen LogP contribution < -0.4 is 4.72 Å². The van der Waals surface area contributed by atoms with E-state index in [2.05, 4.69) is 14.8 Å². The number of anilines is 1. The van der Waals surface area contributed by atoms with Gasteiger partial charge in [0.1, 0.15) is 4.90 Å². The quantitative estimate of drug-likeness (QED) is 0.802. The highest BCUT2D eigenvalue weighted by atomic mass is 32.2. The number of aryl methyl sites for hydroxylation is 1. The van der Waals surface area contributed by atoms with Gasteiger partial charge in [0, 0.05) is 11.9 Å². The van der Waals surface area contributed by atoms with Crippen molar-refractivity contribution in [3.05, 3.63) is 66.6 Å². The van der Waals surface area contributed by atoms with Crippen LogP contribution in [0.2, 0.25) is 0 Å². The highest BCUT2D eigenvalue weighted by Gasteiger charge is 2.17. The molecule has 0 aliphatic heterocycles. The summed E-state index contributed by atoms with van der Waals surface area (Å²) in [6.45, 7) is 1.94. The summed E-state index contributed by atoms with van der Waals surface area (Å²) in [5.41, 5.74) is 1.57. The maximum absolute atomic E-state index is 12.3. The smallest absolute Gasteiger partial charge is 0.265 e. The van der Waals surface area contributed by atoms with E-state index in [1.165, 1.54) is 17.1 Å². The summed E-state index contributed by atoms with van der Waals surface area (Å²) in [6.07, 6.45) is 4.35. The molecular weight excluding hydrogens is 300 g/mol. The normalized spacial score (nSPS) is 11.3. The van der Waals surface area contributed by atoms with Gasteiger partial charge in [-0.2, -0.15) is 5.10 Å². The van der Waals surface area contributed by atoms with E-state index in [9.17, 15) is 8.42 Å². The van der Waals surface area contributed by atoms with Crippen LogP contribution in [-0.2, 0) is 10.0 Å². The fourth-order valence-electron chi connectivity index (χ4n) is 1.90. The maximum atomic E-state index is 12.3. The molecule has 0 atom stereocenters. The molecule has 7 heteroatoms. The van der Waals surface area contributed by atoms with Gasteiger partial charge in [0.2, 0.25) is 0 Å². The highest BCUT2D eigenvalue weighted by molar-refractivity contribution is 7.92. The van der Waals surface area contributed by atoms with Crippen molar-refractivity contribution in [3.63, 3.8) is 0 Å². The zero-order valence-electron chi connectivity index (χ0n) is 11.8. The molecule has 6 nitrogen and oxygen atoms in total. The average Bonchev–Trinajstić information content (AvgIpc) is 3.01. The lowest BCUT2D eigenvalue weighted by Gasteiger charge is -2.06. The van der Waals surface area contributed by atoms with Crippen LogP contribution in [0.3, 0.4) is 0 Å². The number of sulfonamides is 1. The van der Waals surface area contributed by atoms with Crippen LogP contribution in [-0.4, -0.2) is 23.2 Å². The van der Waals surface area contributed by atoms with Gasteiger partial charge in [0.25, 0.3) is 10.0 Å². The summed E-state index contributed by atoms with van der Waals surface area (Å²) < 4.78 is 28.6. The Labute approximate surface area is 128 Å². The van der Waals surface area contributed by atoms with E-state index in [1.807, 2.05) is 25.1 Å². The Morgan fingerprint density at radius 3 is 2.55 bits per heavy atom. The predicted octanol–water partition coefficient (Wildman–Crippen LogP) is 2.38. The first-order valence-corrected chi connectivity index (χ1v) is 8.08. The van der Waals surface area contributed by atoms with Gasteiger partial charge in [-0.15, -0.1) is 0 Å². The number of benzene rings is 1. The molecule has 1 aromatic carbocycles. The molecule has 0 aliphatic rings. The number of aromatic nitrogens is 3. The van der Waals surface area contributed by atoms with Crippen molar-refractivity contribution >= 4 is 15.7 Å². The molecule has 0 unspecified atom stereocenters. The molecule has 0 spiro atoms. The highest BCUT2D eigenvalue weighted by Crippen LogP contribution is 2.17. The number of hydrogen-bond acceptors (Lipinski definition) is 4. The van der Waals surface area contributed by atoms with E-state index in [1.54, 1.807) is 30.5 Å². The second-order valence-corrected chi connectivity index (χ2v) is 6.46. The Balaban J connectivity index is 1.87. The molecule has 0 amide bonds. The maximum Gasteiger partial charge on any atom is 0.265 e. The van der Waals surface area contributed by atoms with Crippen LogP contribution in [0, 0.1) is 6.92 Å². The van der Waals surface area contributed by atoms with Crippen molar-refractivity contribution < 1.29 is 8.42 Å². The summed E-state index contributed by atoms with van der Waals surface area (Å²) >= 11 is 0. The Bertz CT molecular complexity index is 871. The Hall–Kier alpha value is -2.67. The fraction of sp³-hybridized carbons (Fsp3) is 0.0667. The van der Waals surface area contributed by atoms with Gasteiger partial charge in [-0.3, -0.25) is 4.72 Å². The molecule has 2 heterocycles. The molecule has 0 aliphatic carbocycles. The number of pyridine rings is 1. The summed E-state index contributed by atoms with van der Waals surface area (Å²) in [4.78, 5) is 4.21. The van der Waals surface area contributed by atoms with Crippen LogP contribution in [0.25, 0.3) is 5.82 Å². The molecular formula is C15H14N4O2S. The molecule has 3 rings (SSSR count). The van der Waals surface area contributed by atoms with E-state index in [0.29, 0.717) is 11.5 Å². The van der Waals surface area contributed by atoms with Gasteiger partial charge in [0.15, 0.2) is 5.82 Å². The number of nitrogens with zero attached hydrogens (tertiary/aromatic N) is 3. The van der Waals surface area contributed by atoms with Crippen LogP contribution in [0.1, 0.15) is 5.56 Å². The second-order valence-electron chi connectivity index (χ2n) is 4.78. The van der Waals surface area contributed by atoms with Crippen LogP contribution in [0.15, 0.2) is 66.0 Å². The molecule has 1 N–H and O–H groups in total. The molecule has 0 saturated heterocycles. The molecule has 0 radical (unpaired) electrons. The van der Waals surface area contributed by atoms with Crippen molar-refractivity contribution in [1.82, 2.24) is 14.8 Å². The Kier molecular flexibility index (Phi) is 3.64. The average molecular weight is 314 g/mol. The van der Waals surface area contributed by atoms with Gasteiger partial charge in [0.05, 0.1) is 12.4 Å². The predicted molar refractivity (Wildman–Crippen MR) is 83.3 cm³/mol. The summed E-state index contributed by atoms with van der Waals surface area (Å²) in [5.74, 6) is 0.555. The summed E-state index contributed by atoms with van der Waals surface area (Å²) in [5, 5.41) is 4.04. The monoisotopic (exact) mass is 314 g/mol. The van der Waals surface area contributed by atoms with E-state index >= 15 is 0 Å². The van der Waals surface area contributed by atoms with E-state index in [0.717, 1.165) is 5.56 Å². The van der Waals surface area contributed by atoms with E-state index < -0.39 is 10.0 Å². The SMILES string of the molecule is Cc1ccc(NS(=O)(=O)c2cnn(-c3ccccn3)c2)cc1. The molecule has 0 fully saturated rings. The van der Waals surface area contributed by atoms with Gasteiger partial charge in [-0.25, -0.2) is 18.1 Å². The Morgan fingerprint density at radius 1 is 1.09 bits per heavy atom. The standard InChI is InChI=1S/C15H14N4O2S/c1-12-5-7-13(8-6-12)18-22(20,21)14-10-17-19(11-14)15-4-2-3-9-16-15/h2-11,18H,1H3. The molecule has 3 aromatic rings. The first-order chi connectivity index (χ1) is 10.5. The van der Waals surface area contributed by atoms with Crippen molar-refractivity contribution in [3.8, 4) is 5.82 Å². The first-order valence-electron chi connectivity index (χ1n) is 6.60. The topological polar surface area (TPSA) is 76.9 Å². The zero-order valence-corrected chi connectivity index (χ0v) is 12.7. The molecule has 112 valence electrons. The van der Waals surface area contributed by atoms with E-state index in [-0.39, 0.29) is 4.90 Å². The van der Waals surface area contributed by atoms with Gasteiger partial charge >= 0.3 is 0 Å². The first kappa shape index (κ1) is 14.3. The lowest BCUT2D eigenvalue weighted by Crippen LogP contribution is -2.12. The van der Waals surface area contributed by atoms with Crippen LogP contribution >= 0.6 is 0 Å². The fourth-order valence-corrected chi connectivity index (χ4v) is 2.88. The summed E-state index contributed by atoms with van der Waals surface area (Å²) in [6, 6.07) is 12.5. The van der Waals surface area contributed by atoms with E-state index in [4.69, 9.17) is 0 Å². The molecule has 0 saturated carbocycles. The van der Waals surface area contributed by atoms with Crippen molar-refractivity contribution in [1.29, 1.82) is 0 Å². The number of nitrogens with one attached hydrogen (secondary N) is 1. The summed E-state index contributed by atoms with van der Waals surface area (Å²) in [7, 11) is -3.67. The zero-order chi connectivity index (χ0) is 15.6. The lowest BCUT2D eigenvalue weighted by atomic mass is 10.2. The Morgan fingerprint density at radius 2 is 1.86 bits per heavy atom. The number of hydrogen-bond donors (Lipinski definition) is 1. The van der Waals surface area contributed by atoms with Gasteiger partial charge in [-0.1, -0.05) is 23.8 Å². The number of rotatable bonds is 4. The van der Waals surface area contributed by atoms with Gasteiger partial charge in [-0.05, 0) is 31.2 Å². The minimum atomic E-state index is -3.67. The molecule has 22 heavy (non-hydrogen) atoms.